The number of amides is 2. The topological polar surface area (TPSA) is 89.8 Å². The van der Waals surface area contributed by atoms with Crippen LogP contribution < -0.4 is 4.90 Å². The van der Waals surface area contributed by atoms with Gasteiger partial charge >= 0.3 is 6.09 Å². The Bertz CT molecular complexity index is 2220. The minimum Gasteiger partial charge on any atom is -0.444 e. The number of fused-ring (bicyclic) bond motifs is 2. The first kappa shape index (κ1) is 35.8. The first-order valence-corrected chi connectivity index (χ1v) is 18.4. The lowest BCUT2D eigenvalue weighted by molar-refractivity contribution is -0.116. The van der Waals surface area contributed by atoms with Gasteiger partial charge in [0.25, 0.3) is 0 Å². The largest absolute Gasteiger partial charge is 0.444 e. The Morgan fingerprint density at radius 3 is 2.19 bits per heavy atom. The van der Waals surface area contributed by atoms with Crippen molar-refractivity contribution in [2.75, 3.05) is 18.0 Å². The van der Waals surface area contributed by atoms with Crippen LogP contribution in [0, 0.1) is 0 Å². The van der Waals surface area contributed by atoms with E-state index in [1.165, 1.54) is 10.8 Å². The number of aromatic nitrogens is 3. The van der Waals surface area contributed by atoms with Crippen molar-refractivity contribution in [1.29, 1.82) is 0 Å². The van der Waals surface area contributed by atoms with E-state index in [0.29, 0.717) is 45.6 Å². The lowest BCUT2D eigenvalue weighted by Crippen LogP contribution is -2.48. The number of aryl methyl sites for hydroxylation is 2. The van der Waals surface area contributed by atoms with Crippen molar-refractivity contribution in [2.24, 2.45) is 0 Å². The molecular formula is C44H47N5O4. The number of carbonyl (C=O) groups excluding carboxylic acids is 2. The van der Waals surface area contributed by atoms with Gasteiger partial charge in [-0.2, -0.15) is 0 Å². The van der Waals surface area contributed by atoms with Crippen LogP contribution in [-0.4, -0.2) is 56.7 Å². The molecule has 272 valence electrons. The van der Waals surface area contributed by atoms with Gasteiger partial charge in [-0.15, -0.1) is 5.10 Å². The van der Waals surface area contributed by atoms with Gasteiger partial charge in [-0.3, -0.25) is 4.79 Å². The fourth-order valence-electron chi connectivity index (χ4n) is 7.19. The summed E-state index contributed by atoms with van der Waals surface area (Å²) >= 11 is 0. The lowest BCUT2D eigenvalue weighted by atomic mass is 9.90. The van der Waals surface area contributed by atoms with Crippen LogP contribution in [0.1, 0.15) is 62.4 Å². The van der Waals surface area contributed by atoms with Crippen LogP contribution in [0.3, 0.4) is 0 Å². The standard InChI is InChI=1S/C44H47N5O4/c1-31(50)48(28-33-16-18-35-11-5-7-13-37(35)24-33)39-15-9-10-32(26-39)20-23-49-41(27-45-46-49)40-21-22-47(43(51)53-44(2,3)4)29-42(40)52-30-34-17-19-36-12-6-8-14-38(36)25-34/h5-19,24-27,40,42H,20-23,28-30H2,1-4H3. The van der Waals surface area contributed by atoms with E-state index in [9.17, 15) is 9.59 Å². The average Bonchev–Trinajstić information content (AvgIpc) is 3.63. The summed E-state index contributed by atoms with van der Waals surface area (Å²) in [7, 11) is 0. The summed E-state index contributed by atoms with van der Waals surface area (Å²) in [5.74, 6) is -0.0352. The second-order valence-electron chi connectivity index (χ2n) is 14.9. The molecule has 0 N–H and O–H groups in total. The van der Waals surface area contributed by atoms with Crippen molar-refractivity contribution in [3.05, 3.63) is 138 Å². The summed E-state index contributed by atoms with van der Waals surface area (Å²) in [5.41, 5.74) is 4.49. The zero-order valence-electron chi connectivity index (χ0n) is 30.9. The Hall–Kier alpha value is -5.54. The average molecular weight is 710 g/mol. The summed E-state index contributed by atoms with van der Waals surface area (Å²) in [5, 5.41) is 13.5. The van der Waals surface area contributed by atoms with Crippen LogP contribution in [0.4, 0.5) is 10.5 Å². The number of anilines is 1. The number of carbonyl (C=O) groups is 2. The summed E-state index contributed by atoms with van der Waals surface area (Å²) in [4.78, 5) is 29.7. The Kier molecular flexibility index (Phi) is 10.5. The third kappa shape index (κ3) is 8.75. The number of hydrogen-bond acceptors (Lipinski definition) is 6. The summed E-state index contributed by atoms with van der Waals surface area (Å²) in [6.07, 6.45) is 2.60. The smallest absolute Gasteiger partial charge is 0.410 e. The number of likely N-dealkylation sites (tertiary alicyclic amines) is 1. The van der Waals surface area contributed by atoms with Crippen molar-refractivity contribution >= 4 is 39.2 Å². The molecule has 6 aromatic rings. The molecule has 1 saturated heterocycles. The number of ether oxygens (including phenoxy) is 2. The van der Waals surface area contributed by atoms with E-state index in [1.807, 2.05) is 72.9 Å². The molecule has 2 heterocycles. The summed E-state index contributed by atoms with van der Waals surface area (Å²) in [6, 6.07) is 37.4. The highest BCUT2D eigenvalue weighted by molar-refractivity contribution is 5.92. The van der Waals surface area contributed by atoms with Crippen LogP contribution in [0.25, 0.3) is 21.5 Å². The molecule has 0 bridgehead atoms. The van der Waals surface area contributed by atoms with Crippen LogP contribution in [-0.2, 0) is 40.4 Å². The number of piperidine rings is 1. The Morgan fingerprint density at radius 2 is 1.49 bits per heavy atom. The van der Waals surface area contributed by atoms with Gasteiger partial charge in [0.05, 0.1) is 37.7 Å². The van der Waals surface area contributed by atoms with Crippen molar-refractivity contribution in [2.45, 2.75) is 77.9 Å². The predicted molar refractivity (Wildman–Crippen MR) is 209 cm³/mol. The lowest BCUT2D eigenvalue weighted by Gasteiger charge is -2.38. The molecule has 53 heavy (non-hydrogen) atoms. The van der Waals surface area contributed by atoms with Crippen LogP contribution in [0.5, 0.6) is 0 Å². The van der Waals surface area contributed by atoms with Crippen LogP contribution in [0.15, 0.2) is 115 Å². The first-order valence-electron chi connectivity index (χ1n) is 18.4. The second-order valence-corrected chi connectivity index (χ2v) is 14.9. The Balaban J connectivity index is 1.07. The maximum Gasteiger partial charge on any atom is 0.410 e. The van der Waals surface area contributed by atoms with E-state index in [0.717, 1.165) is 38.8 Å². The number of hydrogen-bond donors (Lipinski definition) is 0. The quantitative estimate of drug-likeness (QED) is 0.141. The molecule has 0 aliphatic carbocycles. The Morgan fingerprint density at radius 1 is 0.811 bits per heavy atom. The molecule has 1 fully saturated rings. The van der Waals surface area contributed by atoms with Crippen molar-refractivity contribution in [3.8, 4) is 0 Å². The molecule has 1 aliphatic heterocycles. The maximum absolute atomic E-state index is 13.2. The molecule has 9 heteroatoms. The molecule has 5 aromatic carbocycles. The molecule has 7 rings (SSSR count). The molecule has 2 unspecified atom stereocenters. The maximum atomic E-state index is 13.2. The van der Waals surface area contributed by atoms with E-state index in [4.69, 9.17) is 9.47 Å². The summed E-state index contributed by atoms with van der Waals surface area (Å²) in [6.45, 7) is 9.71. The molecule has 1 aromatic heterocycles. The fourth-order valence-corrected chi connectivity index (χ4v) is 7.19. The predicted octanol–water partition coefficient (Wildman–Crippen LogP) is 8.69. The van der Waals surface area contributed by atoms with Crippen molar-refractivity contribution in [1.82, 2.24) is 19.9 Å². The molecule has 0 radical (unpaired) electrons. The highest BCUT2D eigenvalue weighted by atomic mass is 16.6. The molecule has 2 atom stereocenters. The van der Waals surface area contributed by atoms with E-state index >= 15 is 0 Å². The van der Waals surface area contributed by atoms with E-state index in [-0.39, 0.29) is 24.0 Å². The minimum atomic E-state index is -0.590. The zero-order valence-corrected chi connectivity index (χ0v) is 30.9. The Labute approximate surface area is 311 Å². The normalized spacial score (nSPS) is 16.2. The van der Waals surface area contributed by atoms with Gasteiger partial charge in [0.1, 0.15) is 5.60 Å². The van der Waals surface area contributed by atoms with Gasteiger partial charge in [0.2, 0.25) is 5.91 Å². The molecule has 0 saturated carbocycles. The van der Waals surface area contributed by atoms with Crippen LogP contribution >= 0.6 is 0 Å². The molecule has 2 amide bonds. The third-order valence-corrected chi connectivity index (χ3v) is 9.89. The minimum absolute atomic E-state index is 0.0127. The third-order valence-electron chi connectivity index (χ3n) is 9.89. The molecule has 0 spiro atoms. The monoisotopic (exact) mass is 709 g/mol. The van der Waals surface area contributed by atoms with Gasteiger partial charge in [-0.1, -0.05) is 90.1 Å². The highest BCUT2D eigenvalue weighted by Crippen LogP contribution is 2.32. The van der Waals surface area contributed by atoms with Gasteiger partial charge in [-0.05, 0) is 96.1 Å². The summed E-state index contributed by atoms with van der Waals surface area (Å²) < 4.78 is 14.4. The molecule has 9 nitrogen and oxygen atoms in total. The number of rotatable bonds is 10. The van der Waals surface area contributed by atoms with Crippen molar-refractivity contribution < 1.29 is 19.1 Å². The fraction of sp³-hybridized carbons (Fsp3) is 0.318. The number of nitrogens with zero attached hydrogens (tertiary/aromatic N) is 5. The van der Waals surface area contributed by atoms with Crippen LogP contribution in [0.2, 0.25) is 0 Å². The SMILES string of the molecule is CC(=O)N(Cc1ccc2ccccc2c1)c1cccc(CCn2nncc2C2CCN(C(=O)OC(C)(C)C)CC2OCc2ccc3ccccc3c2)c1. The van der Waals surface area contributed by atoms with Gasteiger partial charge in [0.15, 0.2) is 0 Å². The van der Waals surface area contributed by atoms with Gasteiger partial charge < -0.3 is 19.3 Å². The van der Waals surface area contributed by atoms with E-state index < -0.39 is 5.60 Å². The van der Waals surface area contributed by atoms with Gasteiger partial charge in [-0.25, -0.2) is 9.48 Å². The van der Waals surface area contributed by atoms with Gasteiger partial charge in [0, 0.05) is 31.6 Å². The van der Waals surface area contributed by atoms with E-state index in [2.05, 4.69) is 83.1 Å². The second kappa shape index (κ2) is 15.6. The first-order chi connectivity index (χ1) is 25.6. The van der Waals surface area contributed by atoms with Crippen molar-refractivity contribution in [3.63, 3.8) is 0 Å². The van der Waals surface area contributed by atoms with E-state index in [1.54, 1.807) is 11.8 Å². The molecular weight excluding hydrogens is 663 g/mol. The molecule has 1 aliphatic rings. The highest BCUT2D eigenvalue weighted by Gasteiger charge is 2.37. The zero-order chi connectivity index (χ0) is 37.0. The number of benzene rings is 5.